The lowest BCUT2D eigenvalue weighted by atomic mass is 10.1. The van der Waals surface area contributed by atoms with Crippen LogP contribution in [0.25, 0.3) is 17.2 Å². The highest BCUT2D eigenvalue weighted by molar-refractivity contribution is 5.64. The summed E-state index contributed by atoms with van der Waals surface area (Å²) in [5, 5.41) is 8.12. The van der Waals surface area contributed by atoms with Crippen molar-refractivity contribution >= 4 is 5.82 Å². The first-order valence-corrected chi connectivity index (χ1v) is 9.79. The van der Waals surface area contributed by atoms with E-state index in [9.17, 15) is 4.79 Å². The number of hydrogen-bond donors (Lipinski definition) is 2. The SMILES string of the molecule is CCc1cc(=O)[nH]c(-n2nc(-c3ccccc3)cc2NCc2ccc(OC)cc2)n1. The largest absolute Gasteiger partial charge is 0.497 e. The average Bonchev–Trinajstić information content (AvgIpc) is 3.22. The van der Waals surface area contributed by atoms with Crippen molar-refractivity contribution in [2.75, 3.05) is 12.4 Å². The fourth-order valence-corrected chi connectivity index (χ4v) is 3.13. The minimum atomic E-state index is -0.199. The molecule has 2 aromatic heterocycles. The molecule has 0 fully saturated rings. The number of H-pyrrole nitrogens is 1. The molecule has 7 heteroatoms. The van der Waals surface area contributed by atoms with Gasteiger partial charge in [0, 0.05) is 29.9 Å². The van der Waals surface area contributed by atoms with Crippen LogP contribution in [0.4, 0.5) is 5.82 Å². The van der Waals surface area contributed by atoms with E-state index in [-0.39, 0.29) is 5.56 Å². The van der Waals surface area contributed by atoms with Gasteiger partial charge in [-0.3, -0.25) is 9.78 Å². The Balaban J connectivity index is 1.71. The van der Waals surface area contributed by atoms with E-state index in [4.69, 9.17) is 9.84 Å². The molecule has 2 N–H and O–H groups in total. The van der Waals surface area contributed by atoms with Crippen molar-refractivity contribution in [2.24, 2.45) is 0 Å². The first-order chi connectivity index (χ1) is 14.7. The maximum absolute atomic E-state index is 12.1. The molecule has 7 nitrogen and oxygen atoms in total. The second-order valence-corrected chi connectivity index (χ2v) is 6.81. The number of nitrogens with zero attached hydrogens (tertiary/aromatic N) is 3. The fourth-order valence-electron chi connectivity index (χ4n) is 3.13. The van der Waals surface area contributed by atoms with E-state index in [1.165, 1.54) is 6.07 Å². The van der Waals surface area contributed by atoms with Crippen LogP contribution >= 0.6 is 0 Å². The molecule has 0 saturated carbocycles. The third kappa shape index (κ3) is 4.25. The number of rotatable bonds is 7. The van der Waals surface area contributed by atoms with E-state index >= 15 is 0 Å². The van der Waals surface area contributed by atoms with E-state index in [1.54, 1.807) is 11.8 Å². The van der Waals surface area contributed by atoms with E-state index in [0.29, 0.717) is 24.6 Å². The van der Waals surface area contributed by atoms with Crippen LogP contribution in [0, 0.1) is 0 Å². The van der Waals surface area contributed by atoms with E-state index in [0.717, 1.165) is 28.4 Å². The van der Waals surface area contributed by atoms with Gasteiger partial charge in [0.1, 0.15) is 11.6 Å². The van der Waals surface area contributed by atoms with Crippen molar-refractivity contribution in [1.29, 1.82) is 0 Å². The maximum atomic E-state index is 12.1. The van der Waals surface area contributed by atoms with Crippen LogP contribution in [-0.2, 0) is 13.0 Å². The predicted molar refractivity (Wildman–Crippen MR) is 117 cm³/mol. The molecule has 0 aliphatic heterocycles. The van der Waals surface area contributed by atoms with Gasteiger partial charge in [-0.2, -0.15) is 9.78 Å². The van der Waals surface area contributed by atoms with Crippen LogP contribution in [0.5, 0.6) is 5.75 Å². The van der Waals surface area contributed by atoms with Crippen molar-refractivity contribution in [2.45, 2.75) is 19.9 Å². The van der Waals surface area contributed by atoms with Crippen molar-refractivity contribution in [1.82, 2.24) is 19.7 Å². The summed E-state index contributed by atoms with van der Waals surface area (Å²) in [6.07, 6.45) is 0.665. The number of ether oxygens (including phenoxy) is 1. The molecule has 0 saturated heterocycles. The number of methoxy groups -OCH3 is 1. The molecule has 0 spiro atoms. The topological polar surface area (TPSA) is 84.8 Å². The Hall–Kier alpha value is -3.87. The zero-order chi connectivity index (χ0) is 20.9. The molecule has 0 radical (unpaired) electrons. The van der Waals surface area contributed by atoms with Gasteiger partial charge in [-0.05, 0) is 24.1 Å². The number of anilines is 1. The van der Waals surface area contributed by atoms with Crippen LogP contribution in [0.3, 0.4) is 0 Å². The van der Waals surface area contributed by atoms with Crippen LogP contribution in [0.2, 0.25) is 0 Å². The van der Waals surface area contributed by atoms with Crippen LogP contribution in [0.15, 0.2) is 71.5 Å². The van der Waals surface area contributed by atoms with Crippen LogP contribution < -0.4 is 15.6 Å². The molecular weight excluding hydrogens is 378 g/mol. The van der Waals surface area contributed by atoms with Crippen molar-refractivity contribution in [3.63, 3.8) is 0 Å². The lowest BCUT2D eigenvalue weighted by Gasteiger charge is -2.10. The zero-order valence-electron chi connectivity index (χ0n) is 16.9. The summed E-state index contributed by atoms with van der Waals surface area (Å²) < 4.78 is 6.86. The molecule has 0 amide bonds. The number of aryl methyl sites for hydroxylation is 1. The Morgan fingerprint density at radius 2 is 1.83 bits per heavy atom. The van der Waals surface area contributed by atoms with Gasteiger partial charge in [-0.25, -0.2) is 4.98 Å². The number of benzene rings is 2. The highest BCUT2D eigenvalue weighted by atomic mass is 16.5. The molecule has 4 aromatic rings. The predicted octanol–water partition coefficient (Wildman–Crippen LogP) is 3.81. The number of aromatic amines is 1. The molecule has 2 heterocycles. The molecule has 0 unspecified atom stereocenters. The first kappa shape index (κ1) is 19.4. The Labute approximate surface area is 174 Å². The van der Waals surface area contributed by atoms with E-state index < -0.39 is 0 Å². The van der Waals surface area contributed by atoms with Crippen molar-refractivity contribution in [3.8, 4) is 23.0 Å². The Morgan fingerprint density at radius 3 is 2.53 bits per heavy atom. The van der Waals surface area contributed by atoms with Gasteiger partial charge in [0.25, 0.3) is 5.56 Å². The summed E-state index contributed by atoms with van der Waals surface area (Å²) >= 11 is 0. The molecule has 0 bridgehead atoms. The van der Waals surface area contributed by atoms with E-state index in [2.05, 4.69) is 15.3 Å². The third-order valence-corrected chi connectivity index (χ3v) is 4.76. The average molecular weight is 401 g/mol. The summed E-state index contributed by atoms with van der Waals surface area (Å²) in [6.45, 7) is 2.55. The van der Waals surface area contributed by atoms with E-state index in [1.807, 2.05) is 67.6 Å². The standard InChI is InChI=1S/C23H23N5O2/c1-3-18-13-22(29)26-23(25-18)28-21(14-20(27-28)17-7-5-4-6-8-17)24-15-16-9-11-19(30-2)12-10-16/h4-14,24H,3,15H2,1-2H3,(H,25,26,29). The zero-order valence-corrected chi connectivity index (χ0v) is 16.9. The molecule has 0 aliphatic carbocycles. The number of aromatic nitrogens is 4. The van der Waals surface area contributed by atoms with Gasteiger partial charge < -0.3 is 10.1 Å². The smallest absolute Gasteiger partial charge is 0.252 e. The fraction of sp³-hybridized carbons (Fsp3) is 0.174. The summed E-state index contributed by atoms with van der Waals surface area (Å²) in [4.78, 5) is 19.5. The highest BCUT2D eigenvalue weighted by Gasteiger charge is 2.14. The molecule has 30 heavy (non-hydrogen) atoms. The van der Waals surface area contributed by atoms with Gasteiger partial charge in [0.15, 0.2) is 0 Å². The minimum absolute atomic E-state index is 0.199. The van der Waals surface area contributed by atoms with Crippen LogP contribution in [0.1, 0.15) is 18.2 Å². The minimum Gasteiger partial charge on any atom is -0.497 e. The highest BCUT2D eigenvalue weighted by Crippen LogP contribution is 2.24. The Morgan fingerprint density at radius 1 is 1.07 bits per heavy atom. The summed E-state index contributed by atoms with van der Waals surface area (Å²) in [6, 6.07) is 21.2. The van der Waals surface area contributed by atoms with Gasteiger partial charge >= 0.3 is 0 Å². The summed E-state index contributed by atoms with van der Waals surface area (Å²) in [5.74, 6) is 1.94. The molecule has 2 aromatic carbocycles. The molecule has 0 atom stereocenters. The monoisotopic (exact) mass is 401 g/mol. The van der Waals surface area contributed by atoms with Gasteiger partial charge in [-0.15, -0.1) is 0 Å². The van der Waals surface area contributed by atoms with Crippen molar-refractivity contribution < 1.29 is 4.74 Å². The first-order valence-electron chi connectivity index (χ1n) is 9.79. The summed E-state index contributed by atoms with van der Waals surface area (Å²) in [5.41, 5.74) is 3.38. The maximum Gasteiger partial charge on any atom is 0.252 e. The molecular formula is C23H23N5O2. The second kappa shape index (κ2) is 8.65. The van der Waals surface area contributed by atoms with Gasteiger partial charge in [0.05, 0.1) is 12.8 Å². The number of nitrogens with one attached hydrogen (secondary N) is 2. The lowest BCUT2D eigenvalue weighted by Crippen LogP contribution is -2.16. The second-order valence-electron chi connectivity index (χ2n) is 6.81. The quantitative estimate of drug-likeness (QED) is 0.492. The number of hydrogen-bond acceptors (Lipinski definition) is 5. The van der Waals surface area contributed by atoms with Crippen LogP contribution in [-0.4, -0.2) is 26.9 Å². The third-order valence-electron chi connectivity index (χ3n) is 4.76. The Kier molecular flexibility index (Phi) is 5.61. The molecule has 152 valence electrons. The molecule has 0 aliphatic rings. The van der Waals surface area contributed by atoms with Gasteiger partial charge in [0.2, 0.25) is 5.95 Å². The van der Waals surface area contributed by atoms with Crippen molar-refractivity contribution in [3.05, 3.63) is 88.3 Å². The molecule has 4 rings (SSSR count). The lowest BCUT2D eigenvalue weighted by molar-refractivity contribution is 0.414. The summed E-state index contributed by atoms with van der Waals surface area (Å²) in [7, 11) is 1.65. The Bertz CT molecular complexity index is 1180. The normalized spacial score (nSPS) is 10.7. The van der Waals surface area contributed by atoms with Gasteiger partial charge in [-0.1, -0.05) is 49.4 Å².